The number of benzene rings is 1. The summed E-state index contributed by atoms with van der Waals surface area (Å²) in [7, 11) is 0. The van der Waals surface area contributed by atoms with E-state index in [4.69, 9.17) is 23.2 Å². The molecule has 0 aliphatic heterocycles. The Morgan fingerprint density at radius 2 is 1.81 bits per heavy atom. The fourth-order valence-corrected chi connectivity index (χ4v) is 1.88. The van der Waals surface area contributed by atoms with Gasteiger partial charge >= 0.3 is 0 Å². The molecule has 1 rings (SSSR count). The molecule has 1 aromatic carbocycles. The minimum absolute atomic E-state index is 0.501. The first-order valence-corrected chi connectivity index (χ1v) is 6.44. The van der Waals surface area contributed by atoms with E-state index in [-0.39, 0.29) is 0 Å². The van der Waals surface area contributed by atoms with Gasteiger partial charge < -0.3 is 5.32 Å². The summed E-state index contributed by atoms with van der Waals surface area (Å²) in [5.74, 6) is 0.501. The highest BCUT2D eigenvalue weighted by Crippen LogP contribution is 2.27. The van der Waals surface area contributed by atoms with Gasteiger partial charge in [0, 0.05) is 6.04 Å². The van der Waals surface area contributed by atoms with E-state index in [9.17, 15) is 0 Å². The predicted octanol–water partition coefficient (Wildman–Crippen LogP) is 4.49. The molecule has 90 valence electrons. The quantitative estimate of drug-likeness (QED) is 0.822. The van der Waals surface area contributed by atoms with Crippen molar-refractivity contribution in [3.05, 3.63) is 33.8 Å². The van der Waals surface area contributed by atoms with Crippen LogP contribution in [0.2, 0.25) is 10.0 Å². The Hall–Kier alpha value is -0.240. The van der Waals surface area contributed by atoms with Crippen molar-refractivity contribution in [3.63, 3.8) is 0 Å². The Morgan fingerprint density at radius 1 is 1.12 bits per heavy atom. The van der Waals surface area contributed by atoms with Crippen LogP contribution in [0.4, 0.5) is 0 Å². The summed E-state index contributed by atoms with van der Waals surface area (Å²) in [6.07, 6.45) is 1.11. The summed E-state index contributed by atoms with van der Waals surface area (Å²) in [4.78, 5) is 0. The molecule has 0 saturated carbocycles. The van der Waals surface area contributed by atoms with Gasteiger partial charge in [-0.15, -0.1) is 0 Å². The van der Waals surface area contributed by atoms with Gasteiger partial charge in [0.25, 0.3) is 0 Å². The second-order valence-electron chi connectivity index (χ2n) is 4.47. The lowest BCUT2D eigenvalue weighted by molar-refractivity contribution is 0.541. The van der Waals surface area contributed by atoms with Crippen LogP contribution in [0.3, 0.4) is 0 Å². The highest BCUT2D eigenvalue weighted by Gasteiger charge is 2.07. The molecule has 1 atom stereocenters. The number of hydrogen-bond donors (Lipinski definition) is 1. The van der Waals surface area contributed by atoms with E-state index >= 15 is 0 Å². The van der Waals surface area contributed by atoms with Crippen LogP contribution in [0, 0.1) is 0 Å². The van der Waals surface area contributed by atoms with E-state index in [1.807, 2.05) is 18.2 Å². The molecule has 0 aliphatic rings. The molecule has 0 fully saturated rings. The first-order valence-electron chi connectivity index (χ1n) is 5.69. The van der Waals surface area contributed by atoms with Gasteiger partial charge in [0.1, 0.15) is 0 Å². The van der Waals surface area contributed by atoms with Gasteiger partial charge in [0.2, 0.25) is 0 Å². The fourth-order valence-electron chi connectivity index (χ4n) is 1.57. The van der Waals surface area contributed by atoms with Crippen molar-refractivity contribution in [1.82, 2.24) is 5.32 Å². The number of halogens is 2. The lowest BCUT2D eigenvalue weighted by atomic mass is 9.98. The fraction of sp³-hybridized carbons (Fsp3) is 0.538. The molecule has 1 aromatic rings. The summed E-state index contributed by atoms with van der Waals surface area (Å²) >= 11 is 11.9. The zero-order chi connectivity index (χ0) is 12.1. The molecule has 0 bridgehead atoms. The van der Waals surface area contributed by atoms with Gasteiger partial charge in [0.15, 0.2) is 0 Å². The van der Waals surface area contributed by atoms with E-state index in [0.29, 0.717) is 22.0 Å². The van der Waals surface area contributed by atoms with Crippen LogP contribution < -0.4 is 5.32 Å². The van der Waals surface area contributed by atoms with Gasteiger partial charge in [-0.2, -0.15) is 0 Å². The number of rotatable bonds is 5. The lowest BCUT2D eigenvalue weighted by Crippen LogP contribution is -2.24. The Kier molecular flexibility index (Phi) is 5.60. The van der Waals surface area contributed by atoms with Gasteiger partial charge in [-0.1, -0.05) is 50.0 Å². The Morgan fingerprint density at radius 3 is 2.38 bits per heavy atom. The monoisotopic (exact) mass is 259 g/mol. The molecule has 0 aromatic heterocycles. The molecular formula is C13H19Cl2N. The Bertz CT molecular complexity index is 337. The Balaban J connectivity index is 2.52. The van der Waals surface area contributed by atoms with Crippen molar-refractivity contribution in [2.75, 3.05) is 6.54 Å². The average molecular weight is 260 g/mol. The second-order valence-corrected chi connectivity index (χ2v) is 5.29. The second kappa shape index (κ2) is 6.48. The van der Waals surface area contributed by atoms with Crippen molar-refractivity contribution < 1.29 is 0 Å². The summed E-state index contributed by atoms with van der Waals surface area (Å²) < 4.78 is 0. The van der Waals surface area contributed by atoms with Crippen LogP contribution in [0.15, 0.2) is 18.2 Å². The summed E-state index contributed by atoms with van der Waals surface area (Å²) in [6, 6.07) is 6.42. The minimum atomic E-state index is 0.501. The summed E-state index contributed by atoms with van der Waals surface area (Å²) in [5, 5.41) is 4.68. The van der Waals surface area contributed by atoms with Crippen molar-refractivity contribution in [2.24, 2.45) is 0 Å². The molecule has 16 heavy (non-hydrogen) atoms. The molecule has 0 radical (unpaired) electrons. The molecule has 0 amide bonds. The standard InChI is InChI=1S/C13H19Cl2N/c1-9(2)16-7-6-10(3)11-4-5-12(14)13(15)8-11/h4-5,8-10,16H,6-7H2,1-3H3. The van der Waals surface area contributed by atoms with Crippen molar-refractivity contribution in [3.8, 4) is 0 Å². The third-order valence-electron chi connectivity index (χ3n) is 2.64. The van der Waals surface area contributed by atoms with E-state index in [0.717, 1.165) is 13.0 Å². The molecule has 0 spiro atoms. The molecule has 1 N–H and O–H groups in total. The van der Waals surface area contributed by atoms with Gasteiger partial charge in [-0.3, -0.25) is 0 Å². The van der Waals surface area contributed by atoms with Gasteiger partial charge in [-0.05, 0) is 36.6 Å². The predicted molar refractivity (Wildman–Crippen MR) is 72.6 cm³/mol. The third-order valence-corrected chi connectivity index (χ3v) is 3.38. The third kappa shape index (κ3) is 4.32. The maximum atomic E-state index is 5.99. The smallest absolute Gasteiger partial charge is 0.0595 e. The molecule has 3 heteroatoms. The molecule has 0 heterocycles. The zero-order valence-corrected chi connectivity index (χ0v) is 11.6. The van der Waals surface area contributed by atoms with E-state index < -0.39 is 0 Å². The van der Waals surface area contributed by atoms with Crippen molar-refractivity contribution in [2.45, 2.75) is 39.2 Å². The zero-order valence-electron chi connectivity index (χ0n) is 10.1. The largest absolute Gasteiger partial charge is 0.315 e. The maximum absolute atomic E-state index is 5.99. The lowest BCUT2D eigenvalue weighted by Gasteiger charge is -2.14. The van der Waals surface area contributed by atoms with E-state index in [1.165, 1.54) is 5.56 Å². The highest BCUT2D eigenvalue weighted by atomic mass is 35.5. The van der Waals surface area contributed by atoms with Crippen molar-refractivity contribution >= 4 is 23.2 Å². The minimum Gasteiger partial charge on any atom is -0.315 e. The van der Waals surface area contributed by atoms with Crippen LogP contribution >= 0.6 is 23.2 Å². The average Bonchev–Trinajstić information content (AvgIpc) is 2.21. The molecule has 1 nitrogen and oxygen atoms in total. The van der Waals surface area contributed by atoms with E-state index in [1.54, 1.807) is 0 Å². The molecule has 0 aliphatic carbocycles. The van der Waals surface area contributed by atoms with Crippen LogP contribution in [0.5, 0.6) is 0 Å². The topological polar surface area (TPSA) is 12.0 Å². The number of hydrogen-bond acceptors (Lipinski definition) is 1. The first kappa shape index (κ1) is 13.8. The van der Waals surface area contributed by atoms with Crippen LogP contribution in [0.25, 0.3) is 0 Å². The van der Waals surface area contributed by atoms with E-state index in [2.05, 4.69) is 26.1 Å². The van der Waals surface area contributed by atoms with Gasteiger partial charge in [0.05, 0.1) is 10.0 Å². The molecular weight excluding hydrogens is 241 g/mol. The van der Waals surface area contributed by atoms with Crippen LogP contribution in [-0.4, -0.2) is 12.6 Å². The highest BCUT2D eigenvalue weighted by molar-refractivity contribution is 6.42. The normalized spacial score (nSPS) is 13.1. The van der Waals surface area contributed by atoms with Crippen LogP contribution in [0.1, 0.15) is 38.7 Å². The number of nitrogens with one attached hydrogen (secondary N) is 1. The Labute approximate surface area is 108 Å². The van der Waals surface area contributed by atoms with Crippen molar-refractivity contribution in [1.29, 1.82) is 0 Å². The SMILES string of the molecule is CC(C)NCCC(C)c1ccc(Cl)c(Cl)c1. The maximum Gasteiger partial charge on any atom is 0.0595 e. The summed E-state index contributed by atoms with van der Waals surface area (Å²) in [6.45, 7) is 7.55. The summed E-state index contributed by atoms with van der Waals surface area (Å²) in [5.41, 5.74) is 1.25. The van der Waals surface area contributed by atoms with Crippen LogP contribution in [-0.2, 0) is 0 Å². The molecule has 1 unspecified atom stereocenters. The van der Waals surface area contributed by atoms with Gasteiger partial charge in [-0.25, -0.2) is 0 Å². The first-order chi connectivity index (χ1) is 7.50. The molecule has 0 saturated heterocycles.